The van der Waals surface area contributed by atoms with E-state index in [-0.39, 0.29) is 11.3 Å². The van der Waals surface area contributed by atoms with Gasteiger partial charge in [-0.1, -0.05) is 48.9 Å². The van der Waals surface area contributed by atoms with Crippen molar-refractivity contribution in [3.63, 3.8) is 0 Å². The lowest BCUT2D eigenvalue weighted by molar-refractivity contribution is -0.143. The van der Waals surface area contributed by atoms with E-state index in [4.69, 9.17) is 25.8 Å². The average Bonchev–Trinajstić information content (AvgIpc) is 2.96. The van der Waals surface area contributed by atoms with Crippen LogP contribution in [0.5, 0.6) is 5.75 Å². The predicted molar refractivity (Wildman–Crippen MR) is 101 cm³/mol. The molecule has 0 aromatic heterocycles. The second-order valence-electron chi connectivity index (χ2n) is 6.02. The quantitative estimate of drug-likeness (QED) is 0.709. The second-order valence-corrected chi connectivity index (χ2v) is 6.46. The van der Waals surface area contributed by atoms with Crippen molar-refractivity contribution in [1.29, 1.82) is 0 Å². The third-order valence-corrected chi connectivity index (χ3v) is 4.49. The molecular weight excluding hydrogens is 368 g/mol. The third kappa shape index (κ3) is 3.69. The number of cyclic esters (lactones) is 1. The summed E-state index contributed by atoms with van der Waals surface area (Å²) in [6.07, 6.45) is -0.200. The molecule has 0 radical (unpaired) electrons. The monoisotopic (exact) mass is 386 g/mol. The van der Waals surface area contributed by atoms with Gasteiger partial charge in [-0.05, 0) is 24.1 Å². The van der Waals surface area contributed by atoms with Gasteiger partial charge in [-0.2, -0.15) is 0 Å². The standard InChI is InChI=1S/C21H19ClO5/c1-4-13-10-15(22)11-16(25-3)17(13)18-20(26-12(2)23)19(27-21(18)24)14-8-6-5-7-9-14/h5-11,19H,4H2,1-3H3. The number of aryl methyl sites for hydroxylation is 1. The highest BCUT2D eigenvalue weighted by Gasteiger charge is 2.40. The zero-order chi connectivity index (χ0) is 19.6. The molecule has 0 aliphatic carbocycles. The van der Waals surface area contributed by atoms with E-state index in [2.05, 4.69) is 0 Å². The van der Waals surface area contributed by atoms with Crippen LogP contribution in [-0.2, 0) is 25.5 Å². The van der Waals surface area contributed by atoms with Crippen LogP contribution in [0, 0.1) is 0 Å². The van der Waals surface area contributed by atoms with Gasteiger partial charge in [0.15, 0.2) is 11.9 Å². The van der Waals surface area contributed by atoms with Crippen LogP contribution in [0.25, 0.3) is 5.57 Å². The minimum absolute atomic E-state index is 0.161. The van der Waals surface area contributed by atoms with Crippen molar-refractivity contribution < 1.29 is 23.8 Å². The van der Waals surface area contributed by atoms with Crippen molar-refractivity contribution >= 4 is 29.1 Å². The molecular formula is C21H19ClO5. The summed E-state index contributed by atoms with van der Waals surface area (Å²) in [6.45, 7) is 3.23. The average molecular weight is 387 g/mol. The van der Waals surface area contributed by atoms with Crippen molar-refractivity contribution in [2.75, 3.05) is 7.11 Å². The maximum atomic E-state index is 12.8. The Balaban J connectivity index is 2.27. The van der Waals surface area contributed by atoms with Crippen LogP contribution in [0.1, 0.15) is 36.6 Å². The van der Waals surface area contributed by atoms with Gasteiger partial charge >= 0.3 is 11.9 Å². The predicted octanol–water partition coefficient (Wildman–Crippen LogP) is 4.48. The van der Waals surface area contributed by atoms with Gasteiger partial charge in [0.2, 0.25) is 0 Å². The minimum Gasteiger partial charge on any atom is -0.496 e. The topological polar surface area (TPSA) is 61.8 Å². The number of hydrogen-bond donors (Lipinski definition) is 0. The lowest BCUT2D eigenvalue weighted by atomic mass is 9.95. The Hall–Kier alpha value is -2.79. The van der Waals surface area contributed by atoms with Gasteiger partial charge in [0.1, 0.15) is 11.3 Å². The molecule has 1 aliphatic heterocycles. The van der Waals surface area contributed by atoms with Crippen molar-refractivity contribution in [2.45, 2.75) is 26.4 Å². The maximum absolute atomic E-state index is 12.8. The first-order valence-corrected chi connectivity index (χ1v) is 8.89. The summed E-state index contributed by atoms with van der Waals surface area (Å²) in [6, 6.07) is 12.5. The summed E-state index contributed by atoms with van der Waals surface area (Å²) in [5.41, 5.74) is 2.22. The fraction of sp³-hybridized carbons (Fsp3) is 0.238. The van der Waals surface area contributed by atoms with E-state index < -0.39 is 18.0 Å². The molecule has 0 bridgehead atoms. The normalized spacial score (nSPS) is 16.3. The van der Waals surface area contributed by atoms with Crippen LogP contribution in [-0.4, -0.2) is 19.0 Å². The van der Waals surface area contributed by atoms with Gasteiger partial charge < -0.3 is 14.2 Å². The molecule has 1 aliphatic rings. The van der Waals surface area contributed by atoms with E-state index in [1.165, 1.54) is 14.0 Å². The molecule has 1 heterocycles. The molecule has 3 rings (SSSR count). The van der Waals surface area contributed by atoms with Gasteiger partial charge in [-0.25, -0.2) is 4.79 Å². The highest BCUT2D eigenvalue weighted by atomic mass is 35.5. The molecule has 0 saturated heterocycles. The first-order chi connectivity index (χ1) is 13.0. The number of carbonyl (C=O) groups is 2. The Morgan fingerprint density at radius 2 is 1.93 bits per heavy atom. The molecule has 0 amide bonds. The summed E-state index contributed by atoms with van der Waals surface area (Å²) < 4.78 is 16.5. The first kappa shape index (κ1) is 19.0. The zero-order valence-electron chi connectivity index (χ0n) is 15.2. The molecule has 6 heteroatoms. The van der Waals surface area contributed by atoms with E-state index in [1.807, 2.05) is 37.3 Å². The highest BCUT2D eigenvalue weighted by Crippen LogP contribution is 2.44. The minimum atomic E-state index is -0.803. The van der Waals surface area contributed by atoms with Gasteiger partial charge in [-0.3, -0.25) is 4.79 Å². The Morgan fingerprint density at radius 3 is 2.52 bits per heavy atom. The molecule has 0 spiro atoms. The van der Waals surface area contributed by atoms with Crippen LogP contribution >= 0.6 is 11.6 Å². The molecule has 1 unspecified atom stereocenters. The van der Waals surface area contributed by atoms with Crippen LogP contribution < -0.4 is 4.74 Å². The summed E-state index contributed by atoms with van der Waals surface area (Å²) in [4.78, 5) is 24.6. The number of ether oxygens (including phenoxy) is 3. The number of halogens is 1. The lowest BCUT2D eigenvalue weighted by Gasteiger charge is -2.15. The number of rotatable bonds is 5. The van der Waals surface area contributed by atoms with E-state index in [9.17, 15) is 9.59 Å². The van der Waals surface area contributed by atoms with Crippen LogP contribution in [0.3, 0.4) is 0 Å². The third-order valence-electron chi connectivity index (χ3n) is 4.27. The number of benzene rings is 2. The molecule has 140 valence electrons. The van der Waals surface area contributed by atoms with Crippen molar-refractivity contribution in [2.24, 2.45) is 0 Å². The second kappa shape index (κ2) is 7.84. The van der Waals surface area contributed by atoms with E-state index in [1.54, 1.807) is 12.1 Å². The summed E-state index contributed by atoms with van der Waals surface area (Å²) >= 11 is 6.17. The fourth-order valence-electron chi connectivity index (χ4n) is 3.14. The number of esters is 2. The van der Waals surface area contributed by atoms with Crippen molar-refractivity contribution in [3.8, 4) is 5.75 Å². The number of carbonyl (C=O) groups excluding carboxylic acids is 2. The molecule has 5 nitrogen and oxygen atoms in total. The summed E-state index contributed by atoms with van der Waals surface area (Å²) in [7, 11) is 1.50. The van der Waals surface area contributed by atoms with E-state index in [0.717, 1.165) is 5.56 Å². The highest BCUT2D eigenvalue weighted by molar-refractivity contribution is 6.31. The lowest BCUT2D eigenvalue weighted by Crippen LogP contribution is -2.08. The Bertz CT molecular complexity index is 892. The maximum Gasteiger partial charge on any atom is 0.343 e. The molecule has 27 heavy (non-hydrogen) atoms. The Labute approximate surface area is 162 Å². The van der Waals surface area contributed by atoms with Crippen LogP contribution in [0.4, 0.5) is 0 Å². The van der Waals surface area contributed by atoms with Crippen molar-refractivity contribution in [3.05, 3.63) is 69.9 Å². The van der Waals surface area contributed by atoms with E-state index in [0.29, 0.717) is 28.3 Å². The van der Waals surface area contributed by atoms with Crippen molar-refractivity contribution in [1.82, 2.24) is 0 Å². The summed E-state index contributed by atoms with van der Waals surface area (Å²) in [5, 5.41) is 0.494. The molecule has 1 atom stereocenters. The fourth-order valence-corrected chi connectivity index (χ4v) is 3.37. The SMILES string of the molecule is CCc1cc(Cl)cc(OC)c1C1=C(OC(C)=O)C(c2ccccc2)OC1=O. The molecule has 2 aromatic carbocycles. The Morgan fingerprint density at radius 1 is 1.22 bits per heavy atom. The molecule has 0 N–H and O–H groups in total. The smallest absolute Gasteiger partial charge is 0.343 e. The number of hydrogen-bond acceptors (Lipinski definition) is 5. The zero-order valence-corrected chi connectivity index (χ0v) is 16.0. The number of methoxy groups -OCH3 is 1. The molecule has 2 aromatic rings. The molecule has 0 fully saturated rings. The van der Waals surface area contributed by atoms with Gasteiger partial charge in [0.05, 0.1) is 7.11 Å². The first-order valence-electron chi connectivity index (χ1n) is 8.51. The van der Waals surface area contributed by atoms with Crippen LogP contribution in [0.15, 0.2) is 48.2 Å². The largest absolute Gasteiger partial charge is 0.496 e. The van der Waals surface area contributed by atoms with Gasteiger partial charge in [0.25, 0.3) is 0 Å². The molecule has 0 saturated carbocycles. The van der Waals surface area contributed by atoms with Gasteiger partial charge in [0, 0.05) is 23.1 Å². The van der Waals surface area contributed by atoms with E-state index >= 15 is 0 Å². The Kier molecular flexibility index (Phi) is 5.51. The van der Waals surface area contributed by atoms with Gasteiger partial charge in [-0.15, -0.1) is 0 Å². The summed E-state index contributed by atoms with van der Waals surface area (Å²) in [5.74, 6) is -0.526. The van der Waals surface area contributed by atoms with Crippen LogP contribution in [0.2, 0.25) is 5.02 Å².